The fourth-order valence-corrected chi connectivity index (χ4v) is 3.72. The van der Waals surface area contributed by atoms with Gasteiger partial charge < -0.3 is 21.3 Å². The molecule has 2 atom stereocenters. The Morgan fingerprint density at radius 2 is 1.82 bits per heavy atom. The molecular weight excluding hydrogens is 508 g/mol. The number of ether oxygens (including phenoxy) is 1. The predicted octanol–water partition coefficient (Wildman–Crippen LogP) is 4.00. The number of aryl methyl sites for hydroxylation is 1. The summed E-state index contributed by atoms with van der Waals surface area (Å²) in [6.07, 6.45) is -6.04. The van der Waals surface area contributed by atoms with Crippen LogP contribution in [0.4, 0.5) is 23.5 Å². The van der Waals surface area contributed by atoms with Crippen molar-refractivity contribution in [3.63, 3.8) is 0 Å². The van der Waals surface area contributed by atoms with E-state index in [0.717, 1.165) is 12.1 Å². The molecule has 0 saturated heterocycles. The Labute approximate surface area is 213 Å². The molecular formula is C25H22F4N6O3. The van der Waals surface area contributed by atoms with Gasteiger partial charge in [0.25, 0.3) is 0 Å². The molecule has 4 rings (SSSR count). The zero-order valence-electron chi connectivity index (χ0n) is 19.9. The van der Waals surface area contributed by atoms with E-state index in [2.05, 4.69) is 15.1 Å². The Morgan fingerprint density at radius 3 is 2.42 bits per heavy atom. The number of carbonyl (C=O) groups is 1. The number of hydrogen-bond donors (Lipinski definition) is 3. The van der Waals surface area contributed by atoms with Crippen molar-refractivity contribution >= 4 is 11.9 Å². The summed E-state index contributed by atoms with van der Waals surface area (Å²) in [5, 5.41) is 13.1. The molecule has 5 N–H and O–H groups in total. The number of nitrogens with zero attached hydrogens (tertiary/aromatic N) is 4. The summed E-state index contributed by atoms with van der Waals surface area (Å²) in [4.78, 5) is 18.8. The zero-order valence-corrected chi connectivity index (χ0v) is 19.9. The first-order chi connectivity index (χ1) is 17.9. The van der Waals surface area contributed by atoms with Gasteiger partial charge in [0.05, 0.1) is 17.1 Å². The van der Waals surface area contributed by atoms with Crippen molar-refractivity contribution in [2.45, 2.75) is 31.7 Å². The third-order valence-corrected chi connectivity index (χ3v) is 5.52. The molecule has 38 heavy (non-hydrogen) atoms. The monoisotopic (exact) mass is 530 g/mol. The normalized spacial score (nSPS) is 13.2. The second-order valence-corrected chi connectivity index (χ2v) is 8.44. The fraction of sp³-hybridized carbons (Fsp3) is 0.200. The number of benzene rings is 2. The van der Waals surface area contributed by atoms with Gasteiger partial charge in [-0.25, -0.2) is 14.1 Å². The minimum atomic E-state index is -4.96. The van der Waals surface area contributed by atoms with Gasteiger partial charge in [-0.15, -0.1) is 0 Å². The molecule has 2 aromatic heterocycles. The molecule has 0 spiro atoms. The van der Waals surface area contributed by atoms with E-state index in [1.165, 1.54) is 23.0 Å². The van der Waals surface area contributed by atoms with Crippen molar-refractivity contribution in [1.29, 1.82) is 0 Å². The van der Waals surface area contributed by atoms with Crippen LogP contribution in [-0.2, 0) is 11.2 Å². The maximum atomic E-state index is 14.2. The number of carboxylic acids is 1. The first-order valence-corrected chi connectivity index (χ1v) is 11.2. The van der Waals surface area contributed by atoms with Crippen LogP contribution in [0, 0.1) is 12.7 Å². The largest absolute Gasteiger partial charge is 0.480 e. The van der Waals surface area contributed by atoms with Gasteiger partial charge in [-0.1, -0.05) is 24.3 Å². The van der Waals surface area contributed by atoms with Crippen molar-refractivity contribution < 1.29 is 32.2 Å². The van der Waals surface area contributed by atoms with E-state index in [0.29, 0.717) is 16.8 Å². The Balaban J connectivity index is 1.69. The van der Waals surface area contributed by atoms with Gasteiger partial charge in [0, 0.05) is 23.4 Å². The summed E-state index contributed by atoms with van der Waals surface area (Å²) in [5.41, 5.74) is 12.6. The molecule has 0 aliphatic carbocycles. The smallest absolute Gasteiger partial charge is 0.429 e. The lowest BCUT2D eigenvalue weighted by molar-refractivity contribution is -0.198. The highest BCUT2D eigenvalue weighted by Crippen LogP contribution is 2.39. The number of rotatable bonds is 8. The second-order valence-electron chi connectivity index (χ2n) is 8.44. The topological polar surface area (TPSA) is 142 Å². The van der Waals surface area contributed by atoms with Crippen LogP contribution in [0.5, 0.6) is 5.88 Å². The predicted molar refractivity (Wildman–Crippen MR) is 129 cm³/mol. The SMILES string of the molecule is Cc1ccn(-c2ccc(F)cc2[C@@H](Oc2cc(-c3ccc(C[C@H](N)C(=O)O)cc3)nc(N)n2)C(F)(F)F)n1. The molecule has 0 bridgehead atoms. The first kappa shape index (κ1) is 26.5. The Kier molecular flexibility index (Phi) is 7.30. The maximum Gasteiger partial charge on any atom is 0.429 e. The summed E-state index contributed by atoms with van der Waals surface area (Å²) in [6, 6.07) is 11.0. The van der Waals surface area contributed by atoms with E-state index in [9.17, 15) is 22.4 Å². The van der Waals surface area contributed by atoms with Crippen molar-refractivity contribution in [3.8, 4) is 22.8 Å². The van der Waals surface area contributed by atoms with Crippen LogP contribution >= 0.6 is 0 Å². The highest BCUT2D eigenvalue weighted by atomic mass is 19.4. The number of aliphatic carboxylic acids is 1. The Bertz CT molecular complexity index is 1460. The summed E-state index contributed by atoms with van der Waals surface area (Å²) in [5.74, 6) is -2.88. The molecule has 4 aromatic rings. The van der Waals surface area contributed by atoms with Crippen LogP contribution in [0.15, 0.2) is 60.8 Å². The lowest BCUT2D eigenvalue weighted by Crippen LogP contribution is -2.32. The molecule has 0 unspecified atom stereocenters. The van der Waals surface area contributed by atoms with Gasteiger partial charge in [-0.3, -0.25) is 4.79 Å². The molecule has 13 heteroatoms. The van der Waals surface area contributed by atoms with Crippen LogP contribution in [0.1, 0.15) is 22.9 Å². The number of aromatic nitrogens is 4. The fourth-order valence-electron chi connectivity index (χ4n) is 3.72. The second kappa shape index (κ2) is 10.5. The summed E-state index contributed by atoms with van der Waals surface area (Å²) in [6.45, 7) is 1.66. The third-order valence-electron chi connectivity index (χ3n) is 5.52. The van der Waals surface area contributed by atoms with Crippen molar-refractivity contribution in [1.82, 2.24) is 19.7 Å². The van der Waals surface area contributed by atoms with Gasteiger partial charge in [0.15, 0.2) is 0 Å². The van der Waals surface area contributed by atoms with E-state index in [-0.39, 0.29) is 23.8 Å². The number of nitrogens with two attached hydrogens (primary N) is 2. The Hall–Kier alpha value is -4.52. The van der Waals surface area contributed by atoms with Gasteiger partial charge in [-0.2, -0.15) is 23.3 Å². The standard InChI is InChI=1S/C25H22F4N6O3/c1-13-8-9-35(34-13)20-7-6-16(26)11-17(20)22(25(27,28)29)38-21-12-19(32-24(31)33-21)15-4-2-14(3-5-15)10-18(30)23(36)37/h2-9,11-12,18,22H,10,30H2,1H3,(H,36,37)(H2,31,32,33)/t18-,22+/m0/s1. The molecule has 0 aliphatic heterocycles. The average Bonchev–Trinajstić information content (AvgIpc) is 3.27. The van der Waals surface area contributed by atoms with Crippen molar-refractivity contribution in [3.05, 3.63) is 83.4 Å². The zero-order chi connectivity index (χ0) is 27.6. The van der Waals surface area contributed by atoms with Crippen LogP contribution in [0.25, 0.3) is 16.9 Å². The molecule has 0 amide bonds. The van der Waals surface area contributed by atoms with Gasteiger partial charge >= 0.3 is 12.1 Å². The summed E-state index contributed by atoms with van der Waals surface area (Å²) in [7, 11) is 0. The third kappa shape index (κ3) is 6.06. The van der Waals surface area contributed by atoms with Gasteiger partial charge in [0.1, 0.15) is 11.9 Å². The number of halogens is 4. The minimum Gasteiger partial charge on any atom is -0.480 e. The minimum absolute atomic E-state index is 0.0285. The van der Waals surface area contributed by atoms with Crippen molar-refractivity contribution in [2.75, 3.05) is 5.73 Å². The average molecular weight is 530 g/mol. The Morgan fingerprint density at radius 1 is 1.11 bits per heavy atom. The van der Waals surface area contributed by atoms with Gasteiger partial charge in [-0.05, 0) is 43.2 Å². The van der Waals surface area contributed by atoms with Crippen molar-refractivity contribution in [2.24, 2.45) is 5.73 Å². The van der Waals surface area contributed by atoms with Crippen LogP contribution in [-0.4, -0.2) is 43.0 Å². The summed E-state index contributed by atoms with van der Waals surface area (Å²) >= 11 is 0. The lowest BCUT2D eigenvalue weighted by Gasteiger charge is -2.24. The number of alkyl halides is 3. The number of carboxylic acid groups (broad SMARTS) is 1. The van der Waals surface area contributed by atoms with Crippen LogP contribution in [0.2, 0.25) is 0 Å². The van der Waals surface area contributed by atoms with E-state index in [1.54, 1.807) is 37.3 Å². The quantitative estimate of drug-likeness (QED) is 0.290. The first-order valence-electron chi connectivity index (χ1n) is 11.2. The van der Waals surface area contributed by atoms with Crippen LogP contribution in [0.3, 0.4) is 0 Å². The highest BCUT2D eigenvalue weighted by molar-refractivity contribution is 5.73. The molecule has 0 radical (unpaired) electrons. The molecule has 9 nitrogen and oxygen atoms in total. The lowest BCUT2D eigenvalue weighted by atomic mass is 10.0. The molecule has 0 aliphatic rings. The highest BCUT2D eigenvalue weighted by Gasteiger charge is 2.45. The molecule has 0 saturated carbocycles. The van der Waals surface area contributed by atoms with Gasteiger partial charge in [0.2, 0.25) is 17.9 Å². The molecule has 198 valence electrons. The number of anilines is 1. The molecule has 2 aromatic carbocycles. The van der Waals surface area contributed by atoms with E-state index < -0.39 is 41.6 Å². The van der Waals surface area contributed by atoms with Crippen LogP contribution < -0.4 is 16.2 Å². The molecule has 0 fully saturated rings. The number of nitrogen functional groups attached to an aromatic ring is 1. The summed E-state index contributed by atoms with van der Waals surface area (Å²) < 4.78 is 63.4. The molecule has 2 heterocycles. The maximum absolute atomic E-state index is 14.2. The van der Waals surface area contributed by atoms with E-state index >= 15 is 0 Å². The van der Waals surface area contributed by atoms with E-state index in [4.69, 9.17) is 21.3 Å². The van der Waals surface area contributed by atoms with E-state index in [1.807, 2.05) is 0 Å². The number of hydrogen-bond acceptors (Lipinski definition) is 7.